The molecule has 0 aliphatic rings. The molecule has 1 aromatic carbocycles. The predicted octanol–water partition coefficient (Wildman–Crippen LogP) is 1.82. The lowest BCUT2D eigenvalue weighted by molar-refractivity contribution is 0.0690. The maximum Gasteiger partial charge on any atom is 0.358 e. The molecule has 3 N–H and O–H groups in total. The molecule has 5 nitrogen and oxygen atoms in total. The summed E-state index contributed by atoms with van der Waals surface area (Å²) in [6, 6.07) is 7.92. The second kappa shape index (κ2) is 4.74. The topological polar surface area (TPSA) is 81.1 Å². The summed E-state index contributed by atoms with van der Waals surface area (Å²) in [6.07, 6.45) is 1.53. The van der Waals surface area contributed by atoms with E-state index in [1.54, 1.807) is 0 Å². The highest BCUT2D eigenvalue weighted by atomic mass is 127. The first-order valence-corrected chi connectivity index (χ1v) is 5.95. The number of nitrogens with zero attached hydrogens (tertiary/aromatic N) is 2. The van der Waals surface area contributed by atoms with Crippen molar-refractivity contribution in [2.45, 2.75) is 6.54 Å². The highest BCUT2D eigenvalue weighted by Crippen LogP contribution is 2.12. The van der Waals surface area contributed by atoms with Crippen molar-refractivity contribution in [2.75, 3.05) is 5.73 Å². The van der Waals surface area contributed by atoms with E-state index < -0.39 is 5.97 Å². The first-order valence-electron chi connectivity index (χ1n) is 4.87. The molecule has 0 aliphatic carbocycles. The number of halogens is 1. The van der Waals surface area contributed by atoms with Gasteiger partial charge in [0.15, 0.2) is 5.69 Å². The smallest absolute Gasteiger partial charge is 0.358 e. The Labute approximate surface area is 111 Å². The molecule has 0 unspecified atom stereocenters. The Morgan fingerprint density at radius 1 is 1.41 bits per heavy atom. The number of anilines is 1. The van der Waals surface area contributed by atoms with Crippen LogP contribution in [0.1, 0.15) is 16.1 Å². The molecule has 1 aromatic heterocycles. The lowest BCUT2D eigenvalue weighted by Gasteiger charge is -2.01. The maximum absolute atomic E-state index is 10.8. The predicted molar refractivity (Wildman–Crippen MR) is 71.9 cm³/mol. The van der Waals surface area contributed by atoms with Gasteiger partial charge >= 0.3 is 5.97 Å². The van der Waals surface area contributed by atoms with Crippen molar-refractivity contribution in [3.63, 3.8) is 0 Å². The van der Waals surface area contributed by atoms with Gasteiger partial charge < -0.3 is 10.8 Å². The van der Waals surface area contributed by atoms with E-state index in [0.717, 1.165) is 9.13 Å². The van der Waals surface area contributed by atoms with Crippen LogP contribution < -0.4 is 5.73 Å². The summed E-state index contributed by atoms with van der Waals surface area (Å²) in [5, 5.41) is 12.7. The van der Waals surface area contributed by atoms with Crippen LogP contribution in [0.15, 0.2) is 30.5 Å². The van der Waals surface area contributed by atoms with Crippen molar-refractivity contribution in [2.24, 2.45) is 0 Å². The van der Waals surface area contributed by atoms with Crippen LogP contribution >= 0.6 is 22.6 Å². The summed E-state index contributed by atoms with van der Waals surface area (Å²) in [4.78, 5) is 10.8. The van der Waals surface area contributed by atoms with Crippen LogP contribution in [0, 0.1) is 3.57 Å². The first kappa shape index (κ1) is 11.9. The molecule has 17 heavy (non-hydrogen) atoms. The quantitative estimate of drug-likeness (QED) is 0.833. The Kier molecular flexibility index (Phi) is 3.32. The molecule has 0 saturated carbocycles. The van der Waals surface area contributed by atoms with Crippen molar-refractivity contribution in [3.8, 4) is 0 Å². The number of carboxylic acid groups (broad SMARTS) is 1. The van der Waals surface area contributed by atoms with E-state index in [-0.39, 0.29) is 11.4 Å². The lowest BCUT2D eigenvalue weighted by Crippen LogP contribution is -2.04. The number of carboxylic acids is 1. The monoisotopic (exact) mass is 343 g/mol. The van der Waals surface area contributed by atoms with E-state index in [9.17, 15) is 4.79 Å². The molecule has 88 valence electrons. The molecule has 0 radical (unpaired) electrons. The van der Waals surface area contributed by atoms with E-state index in [0.29, 0.717) is 6.54 Å². The number of benzene rings is 1. The van der Waals surface area contributed by atoms with Crippen LogP contribution in [0.2, 0.25) is 0 Å². The summed E-state index contributed by atoms with van der Waals surface area (Å²) in [5.41, 5.74) is 6.68. The van der Waals surface area contributed by atoms with Gasteiger partial charge in [0.1, 0.15) is 0 Å². The standard InChI is InChI=1S/C11H10IN3O2/c12-8-3-1-7(2-4-8)5-15-6-9(13)10(14-15)11(16)17/h1-4,6H,5,13H2,(H,16,17). The number of aromatic carboxylic acids is 1. The zero-order valence-corrected chi connectivity index (χ0v) is 11.0. The number of hydrogen-bond acceptors (Lipinski definition) is 3. The van der Waals surface area contributed by atoms with Crippen LogP contribution in [0.4, 0.5) is 5.69 Å². The molecule has 0 saturated heterocycles. The molecule has 0 aliphatic heterocycles. The minimum absolute atomic E-state index is 0.101. The van der Waals surface area contributed by atoms with Gasteiger partial charge in [0, 0.05) is 9.77 Å². The van der Waals surface area contributed by atoms with Crippen LogP contribution in [-0.2, 0) is 6.54 Å². The molecule has 0 bridgehead atoms. The van der Waals surface area contributed by atoms with Crippen molar-refractivity contribution >= 4 is 34.2 Å². The van der Waals surface area contributed by atoms with E-state index >= 15 is 0 Å². The van der Waals surface area contributed by atoms with E-state index in [2.05, 4.69) is 27.7 Å². The fourth-order valence-electron chi connectivity index (χ4n) is 1.46. The van der Waals surface area contributed by atoms with Gasteiger partial charge in [0.05, 0.1) is 12.2 Å². The third-order valence-corrected chi connectivity index (χ3v) is 2.97. The fraction of sp³-hybridized carbons (Fsp3) is 0.0909. The fourth-order valence-corrected chi connectivity index (χ4v) is 1.82. The van der Waals surface area contributed by atoms with E-state index in [4.69, 9.17) is 10.8 Å². The molecule has 0 atom stereocenters. The molecule has 0 fully saturated rings. The summed E-state index contributed by atoms with van der Waals surface area (Å²) >= 11 is 2.23. The Balaban J connectivity index is 2.22. The van der Waals surface area contributed by atoms with Crippen molar-refractivity contribution in [3.05, 3.63) is 45.3 Å². The molecule has 2 aromatic rings. The SMILES string of the molecule is Nc1cn(Cc2ccc(I)cc2)nc1C(=O)O. The van der Waals surface area contributed by atoms with E-state index in [1.165, 1.54) is 10.9 Å². The highest BCUT2D eigenvalue weighted by molar-refractivity contribution is 14.1. The summed E-state index contributed by atoms with van der Waals surface area (Å²) in [6.45, 7) is 0.508. The second-order valence-electron chi connectivity index (χ2n) is 3.56. The van der Waals surface area contributed by atoms with Crippen molar-refractivity contribution < 1.29 is 9.90 Å². The summed E-state index contributed by atoms with van der Waals surface area (Å²) in [7, 11) is 0. The number of rotatable bonds is 3. The van der Waals surface area contributed by atoms with E-state index in [1.807, 2.05) is 24.3 Å². The molecule has 0 spiro atoms. The number of hydrogen-bond donors (Lipinski definition) is 2. The van der Waals surface area contributed by atoms with Gasteiger partial charge in [-0.25, -0.2) is 4.79 Å². The van der Waals surface area contributed by atoms with Crippen LogP contribution in [-0.4, -0.2) is 20.9 Å². The zero-order valence-electron chi connectivity index (χ0n) is 8.80. The van der Waals surface area contributed by atoms with Gasteiger partial charge in [-0.15, -0.1) is 0 Å². The molecular weight excluding hydrogens is 333 g/mol. The van der Waals surface area contributed by atoms with Crippen LogP contribution in [0.5, 0.6) is 0 Å². The number of carbonyl (C=O) groups is 1. The Bertz CT molecular complexity index is 548. The number of aromatic nitrogens is 2. The Morgan fingerprint density at radius 2 is 2.06 bits per heavy atom. The lowest BCUT2D eigenvalue weighted by atomic mass is 10.2. The largest absolute Gasteiger partial charge is 0.476 e. The third-order valence-electron chi connectivity index (χ3n) is 2.25. The average Bonchev–Trinajstić information content (AvgIpc) is 2.63. The third kappa shape index (κ3) is 2.76. The van der Waals surface area contributed by atoms with Gasteiger partial charge in [-0.2, -0.15) is 5.10 Å². The van der Waals surface area contributed by atoms with Crippen molar-refractivity contribution in [1.82, 2.24) is 9.78 Å². The Morgan fingerprint density at radius 3 is 2.59 bits per heavy atom. The summed E-state index contributed by atoms with van der Waals surface area (Å²) < 4.78 is 2.68. The minimum Gasteiger partial charge on any atom is -0.476 e. The first-order chi connectivity index (χ1) is 8.06. The second-order valence-corrected chi connectivity index (χ2v) is 4.81. The summed E-state index contributed by atoms with van der Waals surface area (Å²) in [5.74, 6) is -1.11. The minimum atomic E-state index is -1.11. The van der Waals surface area contributed by atoms with Gasteiger partial charge in [0.2, 0.25) is 0 Å². The van der Waals surface area contributed by atoms with Gasteiger partial charge in [0.25, 0.3) is 0 Å². The highest BCUT2D eigenvalue weighted by Gasteiger charge is 2.12. The zero-order chi connectivity index (χ0) is 12.4. The van der Waals surface area contributed by atoms with Crippen LogP contribution in [0.3, 0.4) is 0 Å². The molecular formula is C11H10IN3O2. The number of nitrogen functional groups attached to an aromatic ring is 1. The Hall–Kier alpha value is -1.57. The van der Waals surface area contributed by atoms with Crippen molar-refractivity contribution in [1.29, 1.82) is 0 Å². The molecule has 0 amide bonds. The van der Waals surface area contributed by atoms with Gasteiger partial charge in [-0.1, -0.05) is 12.1 Å². The van der Waals surface area contributed by atoms with Gasteiger partial charge in [-0.05, 0) is 40.3 Å². The maximum atomic E-state index is 10.8. The normalized spacial score (nSPS) is 10.4. The van der Waals surface area contributed by atoms with Crippen LogP contribution in [0.25, 0.3) is 0 Å². The molecule has 2 rings (SSSR count). The number of nitrogens with two attached hydrogens (primary N) is 1. The average molecular weight is 343 g/mol. The molecule has 6 heteroatoms. The molecule has 1 heterocycles. The van der Waals surface area contributed by atoms with Gasteiger partial charge in [-0.3, -0.25) is 4.68 Å².